The smallest absolute Gasteiger partial charge is 0.386 e. The second-order valence-electron chi connectivity index (χ2n) is 10.8. The Balaban J connectivity index is 1.23. The number of imidazole rings is 2. The van der Waals surface area contributed by atoms with E-state index in [0.29, 0.717) is 0 Å². The number of aliphatic hydroxyl groups is 1. The van der Waals surface area contributed by atoms with Gasteiger partial charge in [-0.1, -0.05) is 0 Å². The molecule has 0 saturated carbocycles. The molecule has 25 heteroatoms. The lowest BCUT2D eigenvalue weighted by Gasteiger charge is -2.26. The average Bonchev–Trinajstić information content (AvgIpc) is 3.76. The van der Waals surface area contributed by atoms with Crippen molar-refractivity contribution in [3.05, 3.63) is 29.3 Å². The highest BCUT2D eigenvalue weighted by molar-refractivity contribution is 7.80. The summed E-state index contributed by atoms with van der Waals surface area (Å²) in [7, 11) is -9.99. The highest BCUT2D eigenvalue weighted by Gasteiger charge is 2.54. The van der Waals surface area contributed by atoms with Crippen molar-refractivity contribution in [1.29, 1.82) is 0 Å². The third kappa shape index (κ3) is 5.96. The SMILES string of the molecule is Nc1nc2c(ncn2[C@@H]2O[C@@H]3COP(=O)(O)O[C@@H]4C(O)[C@H](n5cnc6c(N)ncnc65)O[C@@H]4COP(=O)(O)O[C@H]2C3CCS)c(=O)[nH]1. The molecule has 8 N–H and O–H groups in total. The lowest BCUT2D eigenvalue weighted by atomic mass is 9.95. The third-order valence-electron chi connectivity index (χ3n) is 7.97. The summed E-state index contributed by atoms with van der Waals surface area (Å²) < 4.78 is 63.1. The summed E-state index contributed by atoms with van der Waals surface area (Å²) in [6.45, 7) is -1.35. The van der Waals surface area contributed by atoms with E-state index in [1.54, 1.807) is 0 Å². The number of nitrogens with two attached hydrogens (primary N) is 2. The number of aromatic amines is 1. The van der Waals surface area contributed by atoms with Crippen LogP contribution >= 0.6 is 28.3 Å². The van der Waals surface area contributed by atoms with E-state index < -0.39 is 83.3 Å². The number of rotatable bonds is 4. The summed E-state index contributed by atoms with van der Waals surface area (Å²) in [5, 5.41) is 11.2. The van der Waals surface area contributed by atoms with Gasteiger partial charge in [0.25, 0.3) is 5.56 Å². The van der Waals surface area contributed by atoms with E-state index in [9.17, 15) is 28.8 Å². The molecule has 4 unspecified atom stereocenters. The fourth-order valence-corrected chi connectivity index (χ4v) is 8.13. The largest absolute Gasteiger partial charge is 0.472 e. The van der Waals surface area contributed by atoms with Crippen LogP contribution in [-0.4, -0.2) is 103 Å². The van der Waals surface area contributed by atoms with E-state index in [4.69, 9.17) is 39.0 Å². The third-order valence-corrected chi connectivity index (χ3v) is 10.2. The van der Waals surface area contributed by atoms with Gasteiger partial charge in [-0.05, 0) is 12.2 Å². The van der Waals surface area contributed by atoms with Crippen molar-refractivity contribution in [2.24, 2.45) is 5.92 Å². The maximum atomic E-state index is 13.5. The van der Waals surface area contributed by atoms with Crippen LogP contribution in [0, 0.1) is 5.92 Å². The molecule has 4 aromatic rings. The van der Waals surface area contributed by atoms with Crippen LogP contribution in [0.5, 0.6) is 0 Å². The molecule has 22 nitrogen and oxygen atoms in total. The molecule has 3 aliphatic rings. The Morgan fingerprint density at radius 2 is 1.55 bits per heavy atom. The molecule has 0 radical (unpaired) electrons. The van der Waals surface area contributed by atoms with Crippen LogP contribution in [0.15, 0.2) is 23.8 Å². The molecule has 0 amide bonds. The number of nitrogens with one attached hydrogen (secondary N) is 1. The lowest BCUT2D eigenvalue weighted by molar-refractivity contribution is -0.0671. The van der Waals surface area contributed by atoms with E-state index in [1.807, 2.05) is 0 Å². The summed E-state index contributed by atoms with van der Waals surface area (Å²) in [4.78, 5) is 56.8. The van der Waals surface area contributed by atoms with Crippen LogP contribution in [0.4, 0.5) is 11.8 Å². The molecule has 2 bridgehead atoms. The number of fused-ring (bicyclic) bond motifs is 5. The molecule has 3 fully saturated rings. The van der Waals surface area contributed by atoms with Gasteiger partial charge >= 0.3 is 15.6 Å². The van der Waals surface area contributed by atoms with Gasteiger partial charge in [-0.3, -0.25) is 37.0 Å². The van der Waals surface area contributed by atoms with Gasteiger partial charge in [-0.15, -0.1) is 0 Å². The normalized spacial score (nSPS) is 36.6. The molecule has 254 valence electrons. The summed E-state index contributed by atoms with van der Waals surface area (Å²) in [5.74, 6) is -0.721. The summed E-state index contributed by atoms with van der Waals surface area (Å²) >= 11 is 4.29. The lowest BCUT2D eigenvalue weighted by Crippen LogP contribution is -2.36. The standard InChI is InChI=1S/C22H28N10O12P2S/c23-16-11-17(26-5-25-16)31(6-27-11)20-13(33)15-10(42-20)4-40-45(35,36)43-14-8(1-2-47)9(3-39-46(37,38)44-15)41-21(14)32-7-28-12-18(32)29-22(24)30-19(12)34/h5-10,13-15,20-21,33,47H,1-4H2,(H,35,36)(H,37,38)(H2,23,25,26)(H3,24,29,30,34)/t8?,9-,10-,13?,14+,15+,20-,21-/m1/s1. The molecule has 3 aliphatic heterocycles. The van der Waals surface area contributed by atoms with Crippen LogP contribution in [-0.2, 0) is 36.7 Å². The second-order valence-corrected chi connectivity index (χ2v) is 14.1. The number of hydrogen-bond donors (Lipinski definition) is 7. The Kier molecular flexibility index (Phi) is 8.38. The number of hydrogen-bond acceptors (Lipinski definition) is 18. The number of H-pyrrole nitrogens is 1. The number of anilines is 2. The van der Waals surface area contributed by atoms with Crippen molar-refractivity contribution in [1.82, 2.24) is 39.0 Å². The number of ether oxygens (including phenoxy) is 2. The highest BCUT2D eigenvalue weighted by atomic mass is 32.1. The Hall–Kier alpha value is -3.05. The maximum Gasteiger partial charge on any atom is 0.472 e. The van der Waals surface area contributed by atoms with Gasteiger partial charge in [-0.25, -0.2) is 29.1 Å². The number of phosphoric ester groups is 2. The van der Waals surface area contributed by atoms with Gasteiger partial charge in [0.1, 0.15) is 36.3 Å². The minimum Gasteiger partial charge on any atom is -0.386 e. The van der Waals surface area contributed by atoms with E-state index in [-0.39, 0.29) is 46.3 Å². The number of nitrogen functional groups attached to an aromatic ring is 2. The molecule has 0 spiro atoms. The summed E-state index contributed by atoms with van der Waals surface area (Å²) in [6, 6.07) is 0. The fourth-order valence-electron chi connectivity index (χ4n) is 5.90. The first-order valence-electron chi connectivity index (χ1n) is 13.9. The first kappa shape index (κ1) is 32.5. The van der Waals surface area contributed by atoms with Crippen LogP contribution in [0.1, 0.15) is 18.9 Å². The molecular formula is C22H28N10O12P2S. The summed E-state index contributed by atoms with van der Waals surface area (Å²) in [6.07, 6.45) is -5.85. The number of aromatic nitrogens is 8. The first-order chi connectivity index (χ1) is 22.4. The zero-order valence-electron chi connectivity index (χ0n) is 23.8. The molecule has 7 rings (SSSR count). The van der Waals surface area contributed by atoms with Gasteiger partial charge < -0.3 is 35.8 Å². The van der Waals surface area contributed by atoms with Crippen LogP contribution in [0.2, 0.25) is 0 Å². The number of aliphatic hydroxyl groups excluding tert-OH is 1. The Labute approximate surface area is 268 Å². The predicted molar refractivity (Wildman–Crippen MR) is 159 cm³/mol. The molecule has 0 aromatic carbocycles. The van der Waals surface area contributed by atoms with Gasteiger partial charge in [0, 0.05) is 5.92 Å². The van der Waals surface area contributed by atoms with Crippen LogP contribution in [0.3, 0.4) is 0 Å². The number of nitrogens with zero attached hydrogens (tertiary/aromatic N) is 7. The molecule has 7 heterocycles. The molecule has 3 saturated heterocycles. The maximum absolute atomic E-state index is 13.5. The monoisotopic (exact) mass is 718 g/mol. The molecule has 47 heavy (non-hydrogen) atoms. The predicted octanol–water partition coefficient (Wildman–Crippen LogP) is -0.766. The Morgan fingerprint density at radius 3 is 2.28 bits per heavy atom. The molecular weight excluding hydrogens is 690 g/mol. The van der Waals surface area contributed by atoms with Gasteiger partial charge in [0.05, 0.1) is 32.0 Å². The zero-order chi connectivity index (χ0) is 33.2. The molecule has 10 atom stereocenters. The Morgan fingerprint density at radius 1 is 0.915 bits per heavy atom. The second kappa shape index (κ2) is 12.1. The van der Waals surface area contributed by atoms with Gasteiger partial charge in [0.15, 0.2) is 35.1 Å². The molecule has 4 aromatic heterocycles. The summed E-state index contributed by atoms with van der Waals surface area (Å²) in [5.41, 5.74) is 11.2. The van der Waals surface area contributed by atoms with Gasteiger partial charge in [0.2, 0.25) is 5.95 Å². The van der Waals surface area contributed by atoms with E-state index in [0.717, 1.165) is 0 Å². The minimum absolute atomic E-state index is 0.0247. The van der Waals surface area contributed by atoms with Crippen LogP contribution < -0.4 is 17.0 Å². The van der Waals surface area contributed by atoms with Crippen molar-refractivity contribution in [3.8, 4) is 0 Å². The minimum atomic E-state index is -5.00. The van der Waals surface area contributed by atoms with Crippen molar-refractivity contribution in [2.75, 3.05) is 30.4 Å². The van der Waals surface area contributed by atoms with Crippen LogP contribution in [0.25, 0.3) is 22.3 Å². The van der Waals surface area contributed by atoms with E-state index >= 15 is 0 Å². The quantitative estimate of drug-likeness (QED) is 0.101. The Bertz CT molecular complexity index is 1980. The fraction of sp³-hybridized carbons (Fsp3) is 0.545. The number of phosphoric acid groups is 2. The zero-order valence-corrected chi connectivity index (χ0v) is 26.5. The van der Waals surface area contributed by atoms with E-state index in [1.165, 1.54) is 28.1 Å². The van der Waals surface area contributed by atoms with Crippen molar-refractivity contribution in [2.45, 2.75) is 49.4 Å². The van der Waals surface area contributed by atoms with Crippen molar-refractivity contribution >= 4 is 62.4 Å². The van der Waals surface area contributed by atoms with Crippen molar-refractivity contribution < 1.29 is 51.6 Å². The van der Waals surface area contributed by atoms with E-state index in [2.05, 4.69) is 42.5 Å². The molecule has 0 aliphatic carbocycles. The highest BCUT2D eigenvalue weighted by Crippen LogP contribution is 2.55. The van der Waals surface area contributed by atoms with Gasteiger partial charge in [-0.2, -0.15) is 17.6 Å². The van der Waals surface area contributed by atoms with Crippen molar-refractivity contribution in [3.63, 3.8) is 0 Å². The average molecular weight is 719 g/mol. The topological polar surface area (TPSA) is 309 Å². The number of thiol groups is 1. The first-order valence-corrected chi connectivity index (χ1v) is 17.5.